The average molecular weight is 358 g/mol. The van der Waals surface area contributed by atoms with Crippen molar-refractivity contribution >= 4 is 16.9 Å². The summed E-state index contributed by atoms with van der Waals surface area (Å²) < 4.78 is 34.9. The van der Waals surface area contributed by atoms with Crippen LogP contribution in [0.5, 0.6) is 5.88 Å². The molecule has 0 saturated carbocycles. The van der Waals surface area contributed by atoms with Crippen molar-refractivity contribution < 1.29 is 18.3 Å². The fourth-order valence-electron chi connectivity index (χ4n) is 2.95. The Balaban J connectivity index is 1.65. The third-order valence-electron chi connectivity index (χ3n) is 4.23. The zero-order valence-electron chi connectivity index (χ0n) is 13.8. The van der Waals surface area contributed by atoms with Gasteiger partial charge < -0.3 is 15.0 Å². The lowest BCUT2D eigenvalue weighted by molar-refractivity contribution is 0.201. The van der Waals surface area contributed by atoms with E-state index in [1.807, 2.05) is 0 Å². The Morgan fingerprint density at radius 3 is 2.81 bits per heavy atom. The van der Waals surface area contributed by atoms with Gasteiger partial charge in [-0.2, -0.15) is 0 Å². The molecule has 0 atom stereocenters. The van der Waals surface area contributed by atoms with Crippen LogP contribution in [0.4, 0.5) is 13.6 Å². The summed E-state index contributed by atoms with van der Waals surface area (Å²) in [7, 11) is 0. The summed E-state index contributed by atoms with van der Waals surface area (Å²) in [6, 6.07) is 10.2. The van der Waals surface area contributed by atoms with Gasteiger partial charge in [-0.3, -0.25) is 0 Å². The summed E-state index contributed by atoms with van der Waals surface area (Å²) in [5.74, 6) is -0.682. The van der Waals surface area contributed by atoms with E-state index >= 15 is 0 Å². The number of benzene rings is 2. The van der Waals surface area contributed by atoms with Gasteiger partial charge in [0.25, 0.3) is 0 Å². The number of nitrogens with zero attached hydrogens (tertiary/aromatic N) is 3. The van der Waals surface area contributed by atoms with Crippen LogP contribution in [-0.4, -0.2) is 47.0 Å². The molecule has 0 aliphatic carbocycles. The summed E-state index contributed by atoms with van der Waals surface area (Å²) in [4.78, 5) is 13.2. The predicted molar refractivity (Wildman–Crippen MR) is 91.5 cm³/mol. The molecule has 2 amide bonds. The van der Waals surface area contributed by atoms with Crippen LogP contribution in [0, 0.1) is 11.6 Å². The standard InChI is InChI=1S/C18H16F2N4O2/c19-12-5-6-15-13(11-12)17(26-10-9-23-8-7-21-18(23)25)22-24(15)16-4-2-1-3-14(16)20/h1-6,11H,7-10H2,(H,21,25). The van der Waals surface area contributed by atoms with E-state index in [0.717, 1.165) is 0 Å². The molecule has 0 radical (unpaired) electrons. The second-order valence-electron chi connectivity index (χ2n) is 5.90. The summed E-state index contributed by atoms with van der Waals surface area (Å²) in [5, 5.41) is 7.46. The Kier molecular flexibility index (Phi) is 4.16. The number of hydrogen-bond donors (Lipinski definition) is 1. The SMILES string of the molecule is O=C1NCCN1CCOc1nn(-c2ccccc2F)c2ccc(F)cc12. The summed E-state index contributed by atoms with van der Waals surface area (Å²) in [5.41, 5.74) is 0.781. The van der Waals surface area contributed by atoms with E-state index in [1.54, 1.807) is 23.1 Å². The number of carbonyl (C=O) groups excluding carboxylic acids is 1. The number of fused-ring (bicyclic) bond motifs is 1. The van der Waals surface area contributed by atoms with Crippen LogP contribution < -0.4 is 10.1 Å². The van der Waals surface area contributed by atoms with Crippen LogP contribution in [-0.2, 0) is 0 Å². The van der Waals surface area contributed by atoms with Crippen molar-refractivity contribution in [2.45, 2.75) is 0 Å². The number of urea groups is 1. The fraction of sp³-hybridized carbons (Fsp3) is 0.222. The highest BCUT2D eigenvalue weighted by Crippen LogP contribution is 2.29. The molecule has 26 heavy (non-hydrogen) atoms. The third kappa shape index (κ3) is 2.94. The number of hydrogen-bond acceptors (Lipinski definition) is 3. The zero-order chi connectivity index (χ0) is 18.1. The van der Waals surface area contributed by atoms with Crippen molar-refractivity contribution in [2.75, 3.05) is 26.2 Å². The van der Waals surface area contributed by atoms with Crippen molar-refractivity contribution in [2.24, 2.45) is 0 Å². The minimum Gasteiger partial charge on any atom is -0.474 e. The predicted octanol–water partition coefficient (Wildman–Crippen LogP) is 2.71. The van der Waals surface area contributed by atoms with Gasteiger partial charge in [-0.25, -0.2) is 18.3 Å². The molecule has 1 aliphatic heterocycles. The number of para-hydroxylation sites is 1. The highest BCUT2D eigenvalue weighted by atomic mass is 19.1. The van der Waals surface area contributed by atoms with Gasteiger partial charge in [-0.15, -0.1) is 5.10 Å². The topological polar surface area (TPSA) is 59.4 Å². The first-order chi connectivity index (χ1) is 12.6. The first kappa shape index (κ1) is 16.3. The van der Waals surface area contributed by atoms with Gasteiger partial charge in [-0.1, -0.05) is 12.1 Å². The summed E-state index contributed by atoms with van der Waals surface area (Å²) in [6.45, 7) is 1.80. The molecule has 2 aromatic carbocycles. The molecule has 3 aromatic rings. The van der Waals surface area contributed by atoms with Crippen LogP contribution in [0.3, 0.4) is 0 Å². The molecule has 1 N–H and O–H groups in total. The van der Waals surface area contributed by atoms with Crippen molar-refractivity contribution in [1.29, 1.82) is 0 Å². The average Bonchev–Trinajstić information content (AvgIpc) is 3.19. The second-order valence-corrected chi connectivity index (χ2v) is 5.90. The van der Waals surface area contributed by atoms with Crippen LogP contribution >= 0.6 is 0 Å². The summed E-state index contributed by atoms with van der Waals surface area (Å²) in [6.07, 6.45) is 0. The molecular formula is C18H16F2N4O2. The van der Waals surface area contributed by atoms with Gasteiger partial charge in [0.1, 0.15) is 23.9 Å². The number of rotatable bonds is 5. The maximum atomic E-state index is 14.2. The largest absolute Gasteiger partial charge is 0.474 e. The van der Waals surface area contributed by atoms with E-state index in [1.165, 1.54) is 28.9 Å². The molecule has 134 valence electrons. The minimum atomic E-state index is -0.443. The normalized spacial score (nSPS) is 14.1. The van der Waals surface area contributed by atoms with Gasteiger partial charge in [0.15, 0.2) is 0 Å². The Bertz CT molecular complexity index is 973. The number of nitrogens with one attached hydrogen (secondary N) is 1. The lowest BCUT2D eigenvalue weighted by Gasteiger charge is -2.13. The number of amides is 2. The van der Waals surface area contributed by atoms with Crippen molar-refractivity contribution in [3.8, 4) is 11.6 Å². The van der Waals surface area contributed by atoms with Gasteiger partial charge >= 0.3 is 6.03 Å². The molecule has 0 spiro atoms. The van der Waals surface area contributed by atoms with Crippen molar-refractivity contribution in [3.63, 3.8) is 0 Å². The van der Waals surface area contributed by atoms with Gasteiger partial charge in [0, 0.05) is 13.1 Å². The second kappa shape index (κ2) is 6.62. The molecule has 1 aliphatic rings. The van der Waals surface area contributed by atoms with E-state index in [0.29, 0.717) is 30.5 Å². The van der Waals surface area contributed by atoms with Crippen LogP contribution in [0.15, 0.2) is 42.5 Å². The molecule has 8 heteroatoms. The molecular weight excluding hydrogens is 342 g/mol. The minimum absolute atomic E-state index is 0.138. The molecule has 0 unspecified atom stereocenters. The Morgan fingerprint density at radius 2 is 2.04 bits per heavy atom. The van der Waals surface area contributed by atoms with E-state index < -0.39 is 11.6 Å². The van der Waals surface area contributed by atoms with Gasteiger partial charge in [0.05, 0.1) is 17.4 Å². The molecule has 2 heterocycles. The van der Waals surface area contributed by atoms with E-state index in [9.17, 15) is 13.6 Å². The van der Waals surface area contributed by atoms with E-state index in [4.69, 9.17) is 4.74 Å². The third-order valence-corrected chi connectivity index (χ3v) is 4.23. The Labute approximate surface area is 148 Å². The first-order valence-electron chi connectivity index (χ1n) is 8.22. The maximum Gasteiger partial charge on any atom is 0.317 e. The van der Waals surface area contributed by atoms with Gasteiger partial charge in [-0.05, 0) is 30.3 Å². The number of aromatic nitrogens is 2. The number of ether oxygens (including phenoxy) is 1. The fourth-order valence-corrected chi connectivity index (χ4v) is 2.95. The molecule has 1 aromatic heterocycles. The molecule has 1 fully saturated rings. The van der Waals surface area contributed by atoms with Crippen LogP contribution in [0.1, 0.15) is 0 Å². The quantitative estimate of drug-likeness (QED) is 0.763. The molecule has 6 nitrogen and oxygen atoms in total. The maximum absolute atomic E-state index is 14.2. The number of carbonyl (C=O) groups is 1. The molecule has 0 bridgehead atoms. The van der Waals surface area contributed by atoms with E-state index in [-0.39, 0.29) is 24.2 Å². The van der Waals surface area contributed by atoms with Crippen LogP contribution in [0.25, 0.3) is 16.6 Å². The lowest BCUT2D eigenvalue weighted by Crippen LogP contribution is -2.31. The first-order valence-corrected chi connectivity index (χ1v) is 8.22. The highest BCUT2D eigenvalue weighted by Gasteiger charge is 2.20. The summed E-state index contributed by atoms with van der Waals surface area (Å²) >= 11 is 0. The Hall–Kier alpha value is -3.16. The smallest absolute Gasteiger partial charge is 0.317 e. The van der Waals surface area contributed by atoms with Crippen LogP contribution in [0.2, 0.25) is 0 Å². The van der Waals surface area contributed by atoms with Crippen molar-refractivity contribution in [1.82, 2.24) is 20.0 Å². The molecule has 4 rings (SSSR count). The molecule has 1 saturated heterocycles. The lowest BCUT2D eigenvalue weighted by atomic mass is 10.2. The number of halogens is 2. The Morgan fingerprint density at radius 1 is 1.19 bits per heavy atom. The van der Waals surface area contributed by atoms with Crippen molar-refractivity contribution in [3.05, 3.63) is 54.1 Å². The van der Waals surface area contributed by atoms with Gasteiger partial charge in [0.2, 0.25) is 5.88 Å². The monoisotopic (exact) mass is 358 g/mol. The zero-order valence-corrected chi connectivity index (χ0v) is 13.8. The van der Waals surface area contributed by atoms with E-state index in [2.05, 4.69) is 10.4 Å². The highest BCUT2D eigenvalue weighted by molar-refractivity contribution is 5.86.